The third-order valence-corrected chi connectivity index (χ3v) is 0.687. The molecule has 0 aromatic carbocycles. The molecule has 0 bridgehead atoms. The molecule has 1 heterocycles. The molecule has 0 aliphatic rings. The van der Waals surface area contributed by atoms with E-state index in [1.54, 1.807) is 0 Å². The van der Waals surface area contributed by atoms with Crippen LogP contribution in [0.25, 0.3) is 0 Å². The summed E-state index contributed by atoms with van der Waals surface area (Å²) in [5.74, 6) is -0.220. The van der Waals surface area contributed by atoms with Crippen molar-refractivity contribution < 1.29 is 14.7 Å². The van der Waals surface area contributed by atoms with Crippen LogP contribution in [0.2, 0.25) is 0 Å². The first-order chi connectivity index (χ1) is 3.34. The van der Waals surface area contributed by atoms with Crippen LogP contribution in [-0.4, -0.2) is 15.4 Å². The second-order valence-corrected chi connectivity index (χ2v) is 1.15. The standard InChI is InChI=1S/C3H5NO3/c5-1-2-3(6)7-4-2/h4-6H,1H2. The van der Waals surface area contributed by atoms with Gasteiger partial charge in [-0.15, -0.1) is 0 Å². The summed E-state index contributed by atoms with van der Waals surface area (Å²) in [5.41, 5.74) is 0.333. The highest BCUT2D eigenvalue weighted by Gasteiger charge is 2.04. The lowest BCUT2D eigenvalue weighted by Gasteiger charge is -1.99. The van der Waals surface area contributed by atoms with E-state index in [2.05, 4.69) is 9.68 Å². The summed E-state index contributed by atoms with van der Waals surface area (Å²) in [6, 6.07) is 0. The zero-order valence-electron chi connectivity index (χ0n) is 3.51. The van der Waals surface area contributed by atoms with Crippen LogP contribution >= 0.6 is 0 Å². The smallest absolute Gasteiger partial charge is 0.329 e. The Balaban J connectivity index is 2.66. The molecule has 0 atom stereocenters. The predicted octanol–water partition coefficient (Wildman–Crippen LogP) is -0.194. The summed E-state index contributed by atoms with van der Waals surface area (Å²) in [4.78, 5) is 0. The number of aromatic nitrogens is 1. The number of aromatic hydroxyl groups is 1. The molecule has 0 saturated heterocycles. The van der Waals surface area contributed by atoms with Crippen LogP contribution in [0.4, 0.5) is 0 Å². The average Bonchev–Trinajstić information content (AvgIpc) is 1.65. The Hall–Kier alpha value is -0.900. The van der Waals surface area contributed by atoms with Crippen molar-refractivity contribution in [3.05, 3.63) is 5.69 Å². The van der Waals surface area contributed by atoms with Gasteiger partial charge in [0.05, 0.1) is 6.61 Å². The molecule has 0 fully saturated rings. The van der Waals surface area contributed by atoms with Crippen molar-refractivity contribution in [1.82, 2.24) is 5.16 Å². The zero-order valence-corrected chi connectivity index (χ0v) is 3.51. The largest absolute Gasteiger partial charge is 0.478 e. The molecule has 1 aromatic rings. The van der Waals surface area contributed by atoms with Crippen molar-refractivity contribution in [2.45, 2.75) is 6.61 Å². The number of aliphatic hydroxyl groups is 1. The Kier molecular flexibility index (Phi) is 0.796. The number of aliphatic hydroxyl groups excluding tert-OH is 1. The molecule has 4 nitrogen and oxygen atoms in total. The molecule has 0 spiro atoms. The van der Waals surface area contributed by atoms with Gasteiger partial charge in [-0.1, -0.05) is 0 Å². The Morgan fingerprint density at radius 2 is 2.43 bits per heavy atom. The highest BCUT2D eigenvalue weighted by molar-refractivity contribution is 5.09. The molecule has 0 saturated carbocycles. The Bertz CT molecular complexity index is 143. The van der Waals surface area contributed by atoms with Crippen LogP contribution in [0, 0.1) is 0 Å². The highest BCUT2D eigenvalue weighted by Crippen LogP contribution is 2.14. The molecule has 40 valence electrons. The van der Waals surface area contributed by atoms with E-state index in [4.69, 9.17) is 10.2 Å². The molecular weight excluding hydrogens is 98.0 g/mol. The fraction of sp³-hybridized carbons (Fsp3) is 0.333. The van der Waals surface area contributed by atoms with Gasteiger partial charge < -0.3 is 14.7 Å². The van der Waals surface area contributed by atoms with Crippen molar-refractivity contribution in [2.75, 3.05) is 0 Å². The lowest BCUT2D eigenvalue weighted by molar-refractivity contribution is 0.168. The second kappa shape index (κ2) is 1.31. The maximum Gasteiger partial charge on any atom is 0.329 e. The minimum atomic E-state index is -0.220. The van der Waals surface area contributed by atoms with Crippen molar-refractivity contribution in [3.63, 3.8) is 0 Å². The van der Waals surface area contributed by atoms with Gasteiger partial charge in [-0.05, 0) is 0 Å². The summed E-state index contributed by atoms with van der Waals surface area (Å²) >= 11 is 0. The van der Waals surface area contributed by atoms with E-state index in [-0.39, 0.29) is 12.6 Å². The van der Waals surface area contributed by atoms with Gasteiger partial charge in [-0.25, -0.2) is 5.16 Å². The molecule has 0 aliphatic carbocycles. The van der Waals surface area contributed by atoms with E-state index in [1.807, 2.05) is 0 Å². The molecule has 7 heavy (non-hydrogen) atoms. The van der Waals surface area contributed by atoms with Crippen LogP contribution in [0.1, 0.15) is 5.69 Å². The normalized spacial score (nSPS) is 9.86. The number of hydrogen-bond donors (Lipinski definition) is 3. The van der Waals surface area contributed by atoms with Gasteiger partial charge in [0.1, 0.15) is 0 Å². The maximum absolute atomic E-state index is 8.34. The molecule has 4 heteroatoms. The Morgan fingerprint density at radius 1 is 1.71 bits per heavy atom. The van der Waals surface area contributed by atoms with Crippen LogP contribution in [0.3, 0.4) is 0 Å². The summed E-state index contributed by atoms with van der Waals surface area (Å²) in [6.07, 6.45) is 0. The first-order valence-electron chi connectivity index (χ1n) is 1.80. The SMILES string of the molecule is OCc1[nH]oc1O. The van der Waals surface area contributed by atoms with Gasteiger partial charge >= 0.3 is 5.95 Å². The van der Waals surface area contributed by atoms with E-state index < -0.39 is 0 Å². The minimum Gasteiger partial charge on any atom is -0.478 e. The summed E-state index contributed by atoms with van der Waals surface area (Å²) in [5, 5.41) is 18.8. The predicted molar refractivity (Wildman–Crippen MR) is 20.6 cm³/mol. The zero-order chi connectivity index (χ0) is 5.28. The Morgan fingerprint density at radius 3 is 2.43 bits per heavy atom. The lowest BCUT2D eigenvalue weighted by Crippen LogP contribution is -1.91. The van der Waals surface area contributed by atoms with E-state index in [1.165, 1.54) is 0 Å². The van der Waals surface area contributed by atoms with Gasteiger partial charge in [0, 0.05) is 0 Å². The fourth-order valence-electron chi connectivity index (χ4n) is 0.269. The fourth-order valence-corrected chi connectivity index (χ4v) is 0.269. The van der Waals surface area contributed by atoms with Crippen molar-refractivity contribution in [1.29, 1.82) is 0 Å². The Labute approximate surface area is 39.3 Å². The monoisotopic (exact) mass is 103 g/mol. The number of hydrogen-bond acceptors (Lipinski definition) is 3. The molecule has 0 aliphatic heterocycles. The van der Waals surface area contributed by atoms with E-state index in [9.17, 15) is 0 Å². The minimum absolute atomic E-state index is 0.203. The summed E-state index contributed by atoms with van der Waals surface area (Å²) in [6.45, 7) is -0.203. The van der Waals surface area contributed by atoms with E-state index in [0.717, 1.165) is 0 Å². The van der Waals surface area contributed by atoms with Crippen LogP contribution in [0.5, 0.6) is 5.95 Å². The second-order valence-electron chi connectivity index (χ2n) is 1.15. The number of H-pyrrole nitrogens is 1. The van der Waals surface area contributed by atoms with Gasteiger partial charge in [-0.3, -0.25) is 0 Å². The summed E-state index contributed by atoms with van der Waals surface area (Å²) in [7, 11) is 0. The number of rotatable bonds is 1. The molecule has 0 unspecified atom stereocenters. The summed E-state index contributed by atoms with van der Waals surface area (Å²) < 4.78 is 4.16. The van der Waals surface area contributed by atoms with Gasteiger partial charge in [0.15, 0.2) is 5.69 Å². The quantitative estimate of drug-likeness (QED) is 0.461. The number of aromatic amines is 1. The van der Waals surface area contributed by atoms with Crippen LogP contribution in [0.15, 0.2) is 4.52 Å². The van der Waals surface area contributed by atoms with Crippen molar-refractivity contribution in [2.24, 2.45) is 0 Å². The first-order valence-corrected chi connectivity index (χ1v) is 1.80. The van der Waals surface area contributed by atoms with Crippen LogP contribution in [-0.2, 0) is 6.61 Å². The first kappa shape index (κ1) is 4.26. The van der Waals surface area contributed by atoms with Gasteiger partial charge in [0.25, 0.3) is 0 Å². The number of nitrogens with one attached hydrogen (secondary N) is 1. The molecule has 3 N–H and O–H groups in total. The molecule has 1 aromatic heterocycles. The topological polar surface area (TPSA) is 69.4 Å². The molecule has 0 amide bonds. The van der Waals surface area contributed by atoms with E-state index >= 15 is 0 Å². The maximum atomic E-state index is 8.34. The third-order valence-electron chi connectivity index (χ3n) is 0.687. The molecular formula is C3H5NO3. The highest BCUT2D eigenvalue weighted by atomic mass is 16.6. The third kappa shape index (κ3) is 0.480. The van der Waals surface area contributed by atoms with Gasteiger partial charge in [-0.2, -0.15) is 0 Å². The molecule has 1 rings (SSSR count). The van der Waals surface area contributed by atoms with Gasteiger partial charge in [0.2, 0.25) is 0 Å². The lowest BCUT2D eigenvalue weighted by atomic mass is 10.5. The van der Waals surface area contributed by atoms with E-state index in [0.29, 0.717) is 5.69 Å². The van der Waals surface area contributed by atoms with Crippen molar-refractivity contribution in [3.8, 4) is 5.95 Å². The molecule has 0 radical (unpaired) electrons. The van der Waals surface area contributed by atoms with Crippen LogP contribution < -0.4 is 0 Å². The van der Waals surface area contributed by atoms with Crippen molar-refractivity contribution >= 4 is 0 Å². The average molecular weight is 103 g/mol.